The van der Waals surface area contributed by atoms with E-state index in [9.17, 15) is 14.7 Å². The molecule has 1 atom stereocenters. The van der Waals surface area contributed by atoms with Gasteiger partial charge in [-0.05, 0) is 35.6 Å². The number of hydrogen-bond donors (Lipinski definition) is 2. The molecule has 2 aromatic carbocycles. The fourth-order valence-electron chi connectivity index (χ4n) is 3.16. The van der Waals surface area contributed by atoms with Gasteiger partial charge in [0.05, 0.1) is 5.92 Å². The van der Waals surface area contributed by atoms with Crippen molar-refractivity contribution in [1.29, 1.82) is 0 Å². The first-order chi connectivity index (χ1) is 13.1. The summed E-state index contributed by atoms with van der Waals surface area (Å²) in [4.78, 5) is 23.9. The zero-order valence-corrected chi connectivity index (χ0v) is 14.7. The highest BCUT2D eigenvalue weighted by Gasteiger charge is 2.29. The molecule has 1 aliphatic rings. The molecule has 4 rings (SSSR count). The number of benzene rings is 2. The predicted molar refractivity (Wildman–Crippen MR) is 99.6 cm³/mol. The normalized spacial score (nSPS) is 14.8. The number of nitrogens with one attached hydrogen (secondary N) is 1. The van der Waals surface area contributed by atoms with Crippen molar-refractivity contribution in [3.63, 3.8) is 0 Å². The maximum atomic E-state index is 12.2. The van der Waals surface area contributed by atoms with E-state index >= 15 is 0 Å². The van der Waals surface area contributed by atoms with Crippen LogP contribution in [-0.2, 0) is 11.2 Å². The summed E-state index contributed by atoms with van der Waals surface area (Å²) in [5.41, 5.74) is 1.12. The van der Waals surface area contributed by atoms with Gasteiger partial charge in [-0.2, -0.15) is 0 Å². The number of rotatable bonds is 7. The molecule has 0 spiro atoms. The molecule has 27 heavy (non-hydrogen) atoms. The molecule has 0 radical (unpaired) electrons. The Kier molecular flexibility index (Phi) is 4.62. The van der Waals surface area contributed by atoms with Crippen LogP contribution in [0.5, 0.6) is 0 Å². The molecule has 1 amide bonds. The minimum Gasteiger partial charge on any atom is -0.481 e. The molecule has 0 aliphatic heterocycles. The summed E-state index contributed by atoms with van der Waals surface area (Å²) in [6.45, 7) is 0.0343. The van der Waals surface area contributed by atoms with E-state index in [1.165, 1.54) is 0 Å². The maximum absolute atomic E-state index is 12.2. The lowest BCUT2D eigenvalue weighted by Gasteiger charge is -2.13. The van der Waals surface area contributed by atoms with Gasteiger partial charge in [-0.15, -0.1) is 0 Å². The fourth-order valence-corrected chi connectivity index (χ4v) is 3.16. The Morgan fingerprint density at radius 1 is 1.15 bits per heavy atom. The summed E-state index contributed by atoms with van der Waals surface area (Å²) in [5, 5.41) is 18.2. The molecular formula is C21H20N2O4. The SMILES string of the molecule is O=C(NCC(Cc1ccc2ccccc2c1)C(=O)O)c1cc(C2CC2)on1. The first-order valence-electron chi connectivity index (χ1n) is 9.05. The minimum atomic E-state index is -0.942. The first-order valence-corrected chi connectivity index (χ1v) is 9.05. The number of hydrogen-bond acceptors (Lipinski definition) is 4. The van der Waals surface area contributed by atoms with Crippen molar-refractivity contribution in [2.75, 3.05) is 6.54 Å². The number of aliphatic carboxylic acids is 1. The Hall–Kier alpha value is -3.15. The average Bonchev–Trinajstić information content (AvgIpc) is 3.41. The summed E-state index contributed by atoms with van der Waals surface area (Å²) < 4.78 is 5.17. The largest absolute Gasteiger partial charge is 0.481 e. The van der Waals surface area contributed by atoms with Crippen LogP contribution in [0.15, 0.2) is 53.1 Å². The third-order valence-electron chi connectivity index (χ3n) is 4.89. The topological polar surface area (TPSA) is 92.4 Å². The number of carboxylic acid groups (broad SMARTS) is 1. The molecule has 6 heteroatoms. The Labute approximate surface area is 156 Å². The van der Waals surface area contributed by atoms with Gasteiger partial charge in [-0.1, -0.05) is 47.6 Å². The number of carboxylic acids is 1. The second-order valence-corrected chi connectivity index (χ2v) is 7.02. The van der Waals surface area contributed by atoms with Crippen LogP contribution >= 0.6 is 0 Å². The third-order valence-corrected chi connectivity index (χ3v) is 4.89. The molecule has 1 fully saturated rings. The number of amides is 1. The van der Waals surface area contributed by atoms with Crippen LogP contribution in [0.1, 0.15) is 40.6 Å². The minimum absolute atomic E-state index is 0.0343. The fraction of sp³-hybridized carbons (Fsp3) is 0.286. The van der Waals surface area contributed by atoms with Gasteiger partial charge in [0, 0.05) is 18.5 Å². The molecule has 2 N–H and O–H groups in total. The lowest BCUT2D eigenvalue weighted by Crippen LogP contribution is -2.34. The van der Waals surface area contributed by atoms with Crippen LogP contribution in [0.2, 0.25) is 0 Å². The molecular weight excluding hydrogens is 344 g/mol. The van der Waals surface area contributed by atoms with E-state index in [1.807, 2.05) is 42.5 Å². The maximum Gasteiger partial charge on any atom is 0.308 e. The van der Waals surface area contributed by atoms with E-state index in [4.69, 9.17) is 4.52 Å². The van der Waals surface area contributed by atoms with E-state index in [2.05, 4.69) is 10.5 Å². The zero-order chi connectivity index (χ0) is 18.8. The third kappa shape index (κ3) is 4.00. The van der Waals surface area contributed by atoms with Crippen molar-refractivity contribution in [2.45, 2.75) is 25.2 Å². The highest BCUT2D eigenvalue weighted by molar-refractivity contribution is 5.92. The molecule has 1 heterocycles. The zero-order valence-electron chi connectivity index (χ0n) is 14.7. The van der Waals surface area contributed by atoms with Gasteiger partial charge in [-0.3, -0.25) is 9.59 Å². The van der Waals surface area contributed by atoms with Crippen LogP contribution in [0, 0.1) is 5.92 Å². The highest BCUT2D eigenvalue weighted by atomic mass is 16.5. The summed E-state index contributed by atoms with van der Waals surface area (Å²) >= 11 is 0. The van der Waals surface area contributed by atoms with Gasteiger partial charge < -0.3 is 14.9 Å². The number of carbonyl (C=O) groups excluding carboxylic acids is 1. The van der Waals surface area contributed by atoms with E-state index in [0.29, 0.717) is 12.3 Å². The quantitative estimate of drug-likeness (QED) is 0.670. The van der Waals surface area contributed by atoms with Gasteiger partial charge in [0.1, 0.15) is 5.76 Å². The van der Waals surface area contributed by atoms with Gasteiger partial charge in [-0.25, -0.2) is 0 Å². The van der Waals surface area contributed by atoms with E-state index < -0.39 is 17.8 Å². The van der Waals surface area contributed by atoms with Crippen molar-refractivity contribution < 1.29 is 19.2 Å². The summed E-state index contributed by atoms with van der Waals surface area (Å²) in [6.07, 6.45) is 2.46. The van der Waals surface area contributed by atoms with Crippen LogP contribution < -0.4 is 5.32 Å². The monoisotopic (exact) mass is 364 g/mol. The molecule has 6 nitrogen and oxygen atoms in total. The molecule has 1 aliphatic carbocycles. The summed E-state index contributed by atoms with van der Waals surface area (Å²) in [5.74, 6) is -0.965. The number of carbonyl (C=O) groups is 2. The predicted octanol–water partition coefficient (Wildman–Crippen LogP) is 3.38. The van der Waals surface area contributed by atoms with E-state index in [1.54, 1.807) is 6.07 Å². The lowest BCUT2D eigenvalue weighted by molar-refractivity contribution is -0.141. The molecule has 1 saturated carbocycles. The molecule has 138 valence electrons. The first kappa shape index (κ1) is 17.3. The Morgan fingerprint density at radius 2 is 1.93 bits per heavy atom. The second kappa shape index (κ2) is 7.23. The van der Waals surface area contributed by atoms with Crippen molar-refractivity contribution in [3.8, 4) is 0 Å². The van der Waals surface area contributed by atoms with Gasteiger partial charge in [0.2, 0.25) is 0 Å². The average molecular weight is 364 g/mol. The van der Waals surface area contributed by atoms with Crippen molar-refractivity contribution in [3.05, 3.63) is 65.5 Å². The number of nitrogens with zero attached hydrogens (tertiary/aromatic N) is 1. The number of fused-ring (bicyclic) bond motifs is 1. The summed E-state index contributed by atoms with van der Waals surface area (Å²) in [6, 6.07) is 15.5. The van der Waals surface area contributed by atoms with Crippen LogP contribution in [-0.4, -0.2) is 28.7 Å². The second-order valence-electron chi connectivity index (χ2n) is 7.02. The molecule has 1 aromatic heterocycles. The molecule has 3 aromatic rings. The van der Waals surface area contributed by atoms with E-state index in [0.717, 1.165) is 34.9 Å². The Morgan fingerprint density at radius 3 is 2.67 bits per heavy atom. The molecule has 0 saturated heterocycles. The molecule has 1 unspecified atom stereocenters. The Bertz CT molecular complexity index is 991. The molecule has 0 bridgehead atoms. The van der Waals surface area contributed by atoms with Crippen molar-refractivity contribution in [1.82, 2.24) is 10.5 Å². The van der Waals surface area contributed by atoms with Crippen molar-refractivity contribution in [2.24, 2.45) is 5.92 Å². The Balaban J connectivity index is 1.40. The van der Waals surface area contributed by atoms with Crippen LogP contribution in [0.3, 0.4) is 0 Å². The van der Waals surface area contributed by atoms with Crippen LogP contribution in [0.4, 0.5) is 0 Å². The standard InChI is InChI=1S/C21H20N2O4/c24-20(18-11-19(27-23-18)15-7-8-15)22-12-17(21(25)26)10-13-5-6-14-3-1-2-4-16(14)9-13/h1-6,9,11,15,17H,7-8,10,12H2,(H,22,24)(H,25,26). The number of aromatic nitrogens is 1. The lowest BCUT2D eigenvalue weighted by atomic mass is 9.97. The highest BCUT2D eigenvalue weighted by Crippen LogP contribution is 2.40. The summed E-state index contributed by atoms with van der Waals surface area (Å²) in [7, 11) is 0. The van der Waals surface area contributed by atoms with Gasteiger partial charge >= 0.3 is 5.97 Å². The van der Waals surface area contributed by atoms with Gasteiger partial charge in [0.25, 0.3) is 5.91 Å². The van der Waals surface area contributed by atoms with E-state index in [-0.39, 0.29) is 12.2 Å². The van der Waals surface area contributed by atoms with Gasteiger partial charge in [0.15, 0.2) is 5.69 Å². The van der Waals surface area contributed by atoms with Crippen LogP contribution in [0.25, 0.3) is 10.8 Å². The smallest absolute Gasteiger partial charge is 0.308 e. The van der Waals surface area contributed by atoms with Crippen molar-refractivity contribution >= 4 is 22.6 Å².